The first-order chi connectivity index (χ1) is 18.2. The minimum absolute atomic E-state index is 0.00927. The van der Waals surface area contributed by atoms with E-state index in [1.165, 1.54) is 28.9 Å². The van der Waals surface area contributed by atoms with Crippen molar-refractivity contribution in [3.05, 3.63) is 56.8 Å². The molecule has 0 bridgehead atoms. The maximum atomic E-state index is 13.4. The van der Waals surface area contributed by atoms with Gasteiger partial charge in [-0.1, -0.05) is 22.8 Å². The molecule has 4 rings (SSSR count). The molecular formula is C25H28ClN5O7. The van der Waals surface area contributed by atoms with Gasteiger partial charge in [0, 0.05) is 36.3 Å². The number of anilines is 1. The zero-order chi connectivity index (χ0) is 27.4. The van der Waals surface area contributed by atoms with E-state index in [1.54, 1.807) is 13.8 Å². The smallest absolute Gasteiger partial charge is 0.330 e. The fraction of sp³-hybridized carbons (Fsp3) is 0.440. The first kappa shape index (κ1) is 27.1. The van der Waals surface area contributed by atoms with Gasteiger partial charge in [-0.25, -0.2) is 4.79 Å². The third-order valence-electron chi connectivity index (χ3n) is 6.44. The van der Waals surface area contributed by atoms with Crippen molar-refractivity contribution in [2.24, 2.45) is 5.92 Å². The minimum Gasteiger partial charge on any atom is -0.463 e. The second-order valence-corrected chi connectivity index (χ2v) is 9.50. The van der Waals surface area contributed by atoms with Crippen molar-refractivity contribution in [1.29, 1.82) is 0 Å². The normalized spacial score (nSPS) is 19.2. The molecule has 2 aromatic heterocycles. The monoisotopic (exact) mass is 545 g/mol. The molecule has 3 N–H and O–H groups in total. The number of nitrogens with one attached hydrogen (secondary N) is 3. The van der Waals surface area contributed by atoms with Crippen LogP contribution in [0, 0.1) is 12.8 Å². The molecule has 1 saturated heterocycles. The molecule has 4 heterocycles. The molecule has 202 valence electrons. The number of rotatable bonds is 9. The van der Waals surface area contributed by atoms with Gasteiger partial charge in [-0.2, -0.15) is 0 Å². The third-order valence-corrected chi connectivity index (χ3v) is 6.77. The number of ether oxygens (including phenoxy) is 1. The largest absolute Gasteiger partial charge is 0.463 e. The second-order valence-electron chi connectivity index (χ2n) is 9.10. The Bertz CT molecular complexity index is 1350. The molecule has 2 aliphatic rings. The van der Waals surface area contributed by atoms with E-state index in [0.717, 1.165) is 0 Å². The number of aryl methyl sites for hydroxylation is 1. The SMILES string of the molecule is CCOC(=O)/C=C/[C@H](C[C@@H]1CCNC1=O)NC(=O)[C@@H]1CCc2c(Cl)cc(NC(=O)c3cc(C)on3)c(=O)n21. The van der Waals surface area contributed by atoms with Crippen LogP contribution in [0.4, 0.5) is 5.69 Å². The van der Waals surface area contributed by atoms with Crippen LogP contribution in [0.25, 0.3) is 0 Å². The number of hydrogen-bond donors (Lipinski definition) is 3. The number of esters is 1. The van der Waals surface area contributed by atoms with Crippen LogP contribution < -0.4 is 21.5 Å². The van der Waals surface area contributed by atoms with Crippen molar-refractivity contribution in [3.63, 3.8) is 0 Å². The van der Waals surface area contributed by atoms with Crippen molar-refractivity contribution in [1.82, 2.24) is 20.4 Å². The summed E-state index contributed by atoms with van der Waals surface area (Å²) in [5.74, 6) is -1.73. The van der Waals surface area contributed by atoms with Crippen LogP contribution in [0.2, 0.25) is 5.02 Å². The van der Waals surface area contributed by atoms with E-state index < -0.39 is 35.4 Å². The highest BCUT2D eigenvalue weighted by atomic mass is 35.5. The molecule has 1 fully saturated rings. The Morgan fingerprint density at radius 3 is 2.76 bits per heavy atom. The standard InChI is InChI=1S/C25H28ClN5O7/c1-3-37-21(32)7-4-15(11-14-8-9-27-22(14)33)28-24(35)20-6-5-19-16(26)12-18(25(36)31(19)20)29-23(34)17-10-13(2)38-30-17/h4,7,10,12,14-15,20H,3,5-6,8-9,11H2,1-2H3,(H,27,33)(H,28,35)(H,29,34)/b7-4+/t14-,15+,20-/m0/s1. The summed E-state index contributed by atoms with van der Waals surface area (Å²) in [4.78, 5) is 63.2. The lowest BCUT2D eigenvalue weighted by atomic mass is 9.97. The van der Waals surface area contributed by atoms with Crippen molar-refractivity contribution < 1.29 is 28.4 Å². The van der Waals surface area contributed by atoms with Gasteiger partial charge in [-0.15, -0.1) is 0 Å². The van der Waals surface area contributed by atoms with Gasteiger partial charge in [0.2, 0.25) is 11.8 Å². The maximum absolute atomic E-state index is 13.4. The highest BCUT2D eigenvalue weighted by Crippen LogP contribution is 2.31. The van der Waals surface area contributed by atoms with E-state index in [2.05, 4.69) is 21.1 Å². The van der Waals surface area contributed by atoms with Gasteiger partial charge < -0.3 is 25.2 Å². The molecule has 2 aromatic rings. The average Bonchev–Trinajstić information content (AvgIpc) is 3.61. The molecule has 0 unspecified atom stereocenters. The lowest BCUT2D eigenvalue weighted by Crippen LogP contribution is -2.42. The van der Waals surface area contributed by atoms with Crippen LogP contribution in [-0.2, 0) is 25.5 Å². The molecule has 38 heavy (non-hydrogen) atoms. The number of aromatic nitrogens is 2. The Labute approximate surface area is 222 Å². The van der Waals surface area contributed by atoms with E-state index >= 15 is 0 Å². The van der Waals surface area contributed by atoms with Crippen LogP contribution in [0.5, 0.6) is 0 Å². The Morgan fingerprint density at radius 2 is 2.11 bits per heavy atom. The quantitative estimate of drug-likeness (QED) is 0.316. The van der Waals surface area contributed by atoms with Gasteiger partial charge in [0.15, 0.2) is 5.69 Å². The fourth-order valence-corrected chi connectivity index (χ4v) is 4.93. The van der Waals surface area contributed by atoms with Gasteiger partial charge in [0.05, 0.1) is 11.6 Å². The van der Waals surface area contributed by atoms with Crippen molar-refractivity contribution in [2.45, 2.75) is 51.6 Å². The molecule has 0 aliphatic carbocycles. The Hall–Kier alpha value is -3.93. The van der Waals surface area contributed by atoms with Crippen molar-refractivity contribution >= 4 is 41.0 Å². The number of pyridine rings is 1. The number of hydrogen-bond acceptors (Lipinski definition) is 8. The predicted octanol–water partition coefficient (Wildman–Crippen LogP) is 1.67. The molecule has 0 saturated carbocycles. The number of halogens is 1. The zero-order valence-corrected chi connectivity index (χ0v) is 21.7. The summed E-state index contributed by atoms with van der Waals surface area (Å²) in [5, 5.41) is 12.0. The summed E-state index contributed by atoms with van der Waals surface area (Å²) < 4.78 is 11.1. The minimum atomic E-state index is -0.906. The molecular weight excluding hydrogens is 518 g/mol. The van der Waals surface area contributed by atoms with Gasteiger partial charge in [0.25, 0.3) is 11.5 Å². The van der Waals surface area contributed by atoms with E-state index in [1.807, 2.05) is 0 Å². The first-order valence-electron chi connectivity index (χ1n) is 12.3. The van der Waals surface area contributed by atoms with Crippen molar-refractivity contribution in [3.8, 4) is 0 Å². The summed E-state index contributed by atoms with van der Waals surface area (Å²) in [6, 6.07) is 1.21. The number of amides is 3. The van der Waals surface area contributed by atoms with E-state index in [-0.39, 0.29) is 41.3 Å². The zero-order valence-electron chi connectivity index (χ0n) is 20.9. The van der Waals surface area contributed by atoms with E-state index in [0.29, 0.717) is 37.3 Å². The number of nitrogens with zero attached hydrogens (tertiary/aromatic N) is 2. The highest BCUT2D eigenvalue weighted by Gasteiger charge is 2.34. The molecule has 13 heteroatoms. The lowest BCUT2D eigenvalue weighted by Gasteiger charge is -2.22. The molecule has 12 nitrogen and oxygen atoms in total. The highest BCUT2D eigenvalue weighted by molar-refractivity contribution is 6.31. The average molecular weight is 546 g/mol. The van der Waals surface area contributed by atoms with Gasteiger partial charge in [0.1, 0.15) is 17.5 Å². The van der Waals surface area contributed by atoms with Crippen LogP contribution >= 0.6 is 11.6 Å². The summed E-state index contributed by atoms with van der Waals surface area (Å²) >= 11 is 6.42. The number of carbonyl (C=O) groups is 4. The molecule has 2 aliphatic heterocycles. The van der Waals surface area contributed by atoms with Crippen LogP contribution in [-0.4, -0.2) is 52.6 Å². The van der Waals surface area contributed by atoms with Gasteiger partial charge in [-0.05, 0) is 45.6 Å². The predicted molar refractivity (Wildman–Crippen MR) is 136 cm³/mol. The molecule has 0 aromatic carbocycles. The third kappa shape index (κ3) is 5.96. The topological polar surface area (TPSA) is 162 Å². The molecule has 0 spiro atoms. The Balaban J connectivity index is 1.56. The van der Waals surface area contributed by atoms with Gasteiger partial charge in [-0.3, -0.25) is 23.7 Å². The lowest BCUT2D eigenvalue weighted by molar-refractivity contribution is -0.137. The van der Waals surface area contributed by atoms with E-state index in [4.69, 9.17) is 20.9 Å². The summed E-state index contributed by atoms with van der Waals surface area (Å²) in [7, 11) is 0. The number of carbonyl (C=O) groups excluding carboxylic acids is 4. The van der Waals surface area contributed by atoms with Crippen LogP contribution in [0.1, 0.15) is 54.2 Å². The van der Waals surface area contributed by atoms with Crippen molar-refractivity contribution in [2.75, 3.05) is 18.5 Å². The number of fused-ring (bicyclic) bond motifs is 1. The van der Waals surface area contributed by atoms with E-state index in [9.17, 15) is 24.0 Å². The molecule has 3 amide bonds. The summed E-state index contributed by atoms with van der Waals surface area (Å²) in [6.07, 6.45) is 4.26. The van der Waals surface area contributed by atoms with Crippen LogP contribution in [0.3, 0.4) is 0 Å². The van der Waals surface area contributed by atoms with Gasteiger partial charge >= 0.3 is 5.97 Å². The Kier molecular flexibility index (Phi) is 8.30. The molecule has 3 atom stereocenters. The first-order valence-corrected chi connectivity index (χ1v) is 12.7. The second kappa shape index (κ2) is 11.6. The summed E-state index contributed by atoms with van der Waals surface area (Å²) in [6.45, 7) is 4.04. The fourth-order valence-electron chi connectivity index (χ4n) is 4.63. The Morgan fingerprint density at radius 1 is 1.32 bits per heavy atom. The summed E-state index contributed by atoms with van der Waals surface area (Å²) in [5.41, 5.74) is -0.235. The maximum Gasteiger partial charge on any atom is 0.330 e. The molecule has 0 radical (unpaired) electrons. The van der Waals surface area contributed by atoms with Crippen LogP contribution in [0.15, 0.2) is 33.6 Å².